The maximum absolute atomic E-state index is 12.0. The minimum atomic E-state index is 0.0644. The number of hydrogen-bond acceptors (Lipinski definition) is 4. The number of anilines is 1. The first-order chi connectivity index (χ1) is 9.28. The van der Waals surface area contributed by atoms with Crippen LogP contribution in [-0.2, 0) is 16.1 Å². The molecule has 1 aliphatic rings. The number of rotatable bonds is 5. The van der Waals surface area contributed by atoms with E-state index < -0.39 is 0 Å². The Labute approximate surface area is 118 Å². The first kappa shape index (κ1) is 14.4. The molecular weight excluding hydrogens is 260 g/mol. The van der Waals surface area contributed by atoms with Crippen LogP contribution in [0.25, 0.3) is 0 Å². The van der Waals surface area contributed by atoms with Crippen molar-refractivity contribution in [2.24, 2.45) is 0 Å². The van der Waals surface area contributed by atoms with Gasteiger partial charge in [-0.3, -0.25) is 4.79 Å². The van der Waals surface area contributed by atoms with Gasteiger partial charge in [-0.05, 0) is 17.7 Å². The van der Waals surface area contributed by atoms with E-state index in [4.69, 9.17) is 4.74 Å². The molecule has 5 heteroatoms. The third kappa shape index (κ3) is 4.86. The van der Waals surface area contributed by atoms with Crippen LogP contribution in [0, 0.1) is 0 Å². The Morgan fingerprint density at radius 2 is 2.47 bits per heavy atom. The van der Waals surface area contributed by atoms with Crippen LogP contribution in [0.2, 0.25) is 0 Å². The van der Waals surface area contributed by atoms with E-state index in [0.29, 0.717) is 19.1 Å². The quantitative estimate of drug-likeness (QED) is 0.864. The van der Waals surface area contributed by atoms with E-state index in [1.165, 1.54) is 0 Å². The molecule has 0 spiro atoms. The van der Waals surface area contributed by atoms with E-state index in [9.17, 15) is 4.79 Å². The molecule has 0 aliphatic carbocycles. The second kappa shape index (κ2) is 7.53. The van der Waals surface area contributed by atoms with Gasteiger partial charge < -0.3 is 15.4 Å². The molecule has 1 atom stereocenters. The molecule has 1 amide bonds. The van der Waals surface area contributed by atoms with Crippen LogP contribution in [0.4, 0.5) is 5.69 Å². The highest BCUT2D eigenvalue weighted by Gasteiger charge is 2.16. The summed E-state index contributed by atoms with van der Waals surface area (Å²) in [7, 11) is 1.66. The van der Waals surface area contributed by atoms with Gasteiger partial charge in [0.15, 0.2) is 0 Å². The fourth-order valence-corrected chi connectivity index (χ4v) is 3.04. The van der Waals surface area contributed by atoms with Crippen LogP contribution >= 0.6 is 11.8 Å². The first-order valence-electron chi connectivity index (χ1n) is 6.47. The number of amides is 1. The summed E-state index contributed by atoms with van der Waals surface area (Å²) in [5, 5.41) is 6.31. The van der Waals surface area contributed by atoms with Gasteiger partial charge in [-0.2, -0.15) is 11.8 Å². The lowest BCUT2D eigenvalue weighted by Crippen LogP contribution is -2.39. The molecule has 104 valence electrons. The largest absolute Gasteiger partial charge is 0.380 e. The number of hydrogen-bond donors (Lipinski definition) is 2. The number of nitrogens with one attached hydrogen (secondary N) is 2. The number of carbonyl (C=O) groups excluding carboxylic acids is 1. The molecule has 19 heavy (non-hydrogen) atoms. The van der Waals surface area contributed by atoms with Crippen molar-refractivity contribution in [3.8, 4) is 0 Å². The molecule has 1 aromatic carbocycles. The molecule has 1 fully saturated rings. The SMILES string of the molecule is COCc1cccc(NC(=O)CC2CSCCN2)c1. The molecule has 1 aliphatic heterocycles. The molecule has 1 heterocycles. The Morgan fingerprint density at radius 1 is 1.58 bits per heavy atom. The van der Waals surface area contributed by atoms with Gasteiger partial charge in [0.25, 0.3) is 0 Å². The van der Waals surface area contributed by atoms with E-state index in [-0.39, 0.29) is 5.91 Å². The van der Waals surface area contributed by atoms with Gasteiger partial charge in [0, 0.05) is 43.3 Å². The van der Waals surface area contributed by atoms with E-state index in [0.717, 1.165) is 29.3 Å². The van der Waals surface area contributed by atoms with Crippen molar-refractivity contribution >= 4 is 23.4 Å². The minimum absolute atomic E-state index is 0.0644. The molecule has 0 saturated carbocycles. The highest BCUT2D eigenvalue weighted by molar-refractivity contribution is 7.99. The van der Waals surface area contributed by atoms with Gasteiger partial charge in [-0.15, -0.1) is 0 Å². The van der Waals surface area contributed by atoms with Crippen LogP contribution in [-0.4, -0.2) is 37.1 Å². The second-order valence-corrected chi connectivity index (χ2v) is 5.76. The smallest absolute Gasteiger partial charge is 0.225 e. The highest BCUT2D eigenvalue weighted by atomic mass is 32.2. The molecule has 0 bridgehead atoms. The highest BCUT2D eigenvalue weighted by Crippen LogP contribution is 2.14. The summed E-state index contributed by atoms with van der Waals surface area (Å²) in [5.74, 6) is 2.21. The molecule has 0 aromatic heterocycles. The topological polar surface area (TPSA) is 50.4 Å². The van der Waals surface area contributed by atoms with Crippen molar-refractivity contribution < 1.29 is 9.53 Å². The molecule has 1 unspecified atom stereocenters. The Kier molecular flexibility index (Phi) is 5.69. The predicted octanol–water partition coefficient (Wildman–Crippen LogP) is 1.87. The molecule has 1 saturated heterocycles. The van der Waals surface area contributed by atoms with Crippen LogP contribution in [0.15, 0.2) is 24.3 Å². The van der Waals surface area contributed by atoms with Gasteiger partial charge >= 0.3 is 0 Å². The average molecular weight is 280 g/mol. The zero-order valence-electron chi connectivity index (χ0n) is 11.1. The lowest BCUT2D eigenvalue weighted by Gasteiger charge is -2.22. The molecule has 0 radical (unpaired) electrons. The molecule has 2 N–H and O–H groups in total. The zero-order chi connectivity index (χ0) is 13.5. The van der Waals surface area contributed by atoms with E-state index in [1.54, 1.807) is 7.11 Å². The van der Waals surface area contributed by atoms with E-state index >= 15 is 0 Å². The standard InChI is InChI=1S/C14H20N2O2S/c1-18-9-11-3-2-4-12(7-11)16-14(17)8-13-10-19-6-5-15-13/h2-4,7,13,15H,5-6,8-10H2,1H3,(H,16,17). The molecule has 2 rings (SSSR count). The lowest BCUT2D eigenvalue weighted by atomic mass is 10.2. The summed E-state index contributed by atoms with van der Waals surface area (Å²) in [6.07, 6.45) is 0.529. The van der Waals surface area contributed by atoms with Crippen molar-refractivity contribution in [2.45, 2.75) is 19.1 Å². The summed E-state index contributed by atoms with van der Waals surface area (Å²) in [4.78, 5) is 12.0. The van der Waals surface area contributed by atoms with Gasteiger partial charge in [0.1, 0.15) is 0 Å². The Morgan fingerprint density at radius 3 is 3.21 bits per heavy atom. The number of carbonyl (C=O) groups is 1. The Hall–Kier alpha value is -1.04. The van der Waals surface area contributed by atoms with Crippen LogP contribution in [0.5, 0.6) is 0 Å². The fraction of sp³-hybridized carbons (Fsp3) is 0.500. The third-order valence-corrected chi connectivity index (χ3v) is 4.08. The van der Waals surface area contributed by atoms with Crippen LogP contribution in [0.1, 0.15) is 12.0 Å². The average Bonchev–Trinajstić information content (AvgIpc) is 2.40. The lowest BCUT2D eigenvalue weighted by molar-refractivity contribution is -0.116. The van der Waals surface area contributed by atoms with E-state index in [1.807, 2.05) is 36.0 Å². The summed E-state index contributed by atoms with van der Waals surface area (Å²) >= 11 is 1.90. The van der Waals surface area contributed by atoms with Crippen molar-refractivity contribution in [3.05, 3.63) is 29.8 Å². The van der Waals surface area contributed by atoms with E-state index in [2.05, 4.69) is 10.6 Å². The summed E-state index contributed by atoms with van der Waals surface area (Å²) < 4.78 is 5.08. The summed E-state index contributed by atoms with van der Waals surface area (Å²) in [6, 6.07) is 8.06. The van der Waals surface area contributed by atoms with Gasteiger partial charge in [0.05, 0.1) is 6.61 Å². The maximum atomic E-state index is 12.0. The molecule has 4 nitrogen and oxygen atoms in total. The number of benzene rings is 1. The fourth-order valence-electron chi connectivity index (χ4n) is 2.09. The van der Waals surface area contributed by atoms with Crippen molar-refractivity contribution in [2.75, 3.05) is 30.5 Å². The van der Waals surface area contributed by atoms with Crippen molar-refractivity contribution in [1.29, 1.82) is 0 Å². The second-order valence-electron chi connectivity index (χ2n) is 4.61. The Bertz CT molecular complexity index is 420. The normalized spacial score (nSPS) is 19.1. The van der Waals surface area contributed by atoms with Gasteiger partial charge in [-0.25, -0.2) is 0 Å². The number of thioether (sulfide) groups is 1. The zero-order valence-corrected chi connectivity index (χ0v) is 12.0. The van der Waals surface area contributed by atoms with Gasteiger partial charge in [0.2, 0.25) is 5.91 Å². The summed E-state index contributed by atoms with van der Waals surface area (Å²) in [5.41, 5.74) is 1.90. The predicted molar refractivity (Wildman–Crippen MR) is 79.5 cm³/mol. The number of methoxy groups -OCH3 is 1. The van der Waals surface area contributed by atoms with Crippen LogP contribution in [0.3, 0.4) is 0 Å². The molecular formula is C14H20N2O2S. The van der Waals surface area contributed by atoms with Crippen molar-refractivity contribution in [1.82, 2.24) is 5.32 Å². The molecule has 1 aromatic rings. The summed E-state index contributed by atoms with van der Waals surface area (Å²) in [6.45, 7) is 1.55. The monoisotopic (exact) mass is 280 g/mol. The third-order valence-electron chi connectivity index (χ3n) is 2.95. The minimum Gasteiger partial charge on any atom is -0.380 e. The number of ether oxygens (including phenoxy) is 1. The van der Waals surface area contributed by atoms with Gasteiger partial charge in [-0.1, -0.05) is 12.1 Å². The maximum Gasteiger partial charge on any atom is 0.225 e. The first-order valence-corrected chi connectivity index (χ1v) is 7.62. The van der Waals surface area contributed by atoms with Crippen molar-refractivity contribution in [3.63, 3.8) is 0 Å². The Balaban J connectivity index is 1.85. The van der Waals surface area contributed by atoms with Crippen LogP contribution < -0.4 is 10.6 Å².